The van der Waals surface area contributed by atoms with Crippen molar-refractivity contribution >= 4 is 5.78 Å². The van der Waals surface area contributed by atoms with Gasteiger partial charge in [-0.3, -0.25) is 4.79 Å². The van der Waals surface area contributed by atoms with E-state index < -0.39 is 6.10 Å². The topological polar surface area (TPSA) is 50.1 Å². The first-order valence-electron chi connectivity index (χ1n) is 6.83. The van der Waals surface area contributed by atoms with Crippen molar-refractivity contribution in [3.8, 4) is 11.8 Å². The molecular formula is C18H17NO2. The Balaban J connectivity index is 2.03. The molecule has 2 rings (SSSR count). The molecule has 0 aromatic heterocycles. The fourth-order valence-electron chi connectivity index (χ4n) is 1.99. The Bertz CT molecular complexity index is 651. The van der Waals surface area contributed by atoms with Crippen molar-refractivity contribution < 1.29 is 9.53 Å². The molecule has 0 amide bonds. The number of carbonyl (C=O) groups is 1. The summed E-state index contributed by atoms with van der Waals surface area (Å²) in [6.45, 7) is 3.72. The Kier molecular flexibility index (Phi) is 4.73. The zero-order valence-corrected chi connectivity index (χ0v) is 12.2. The third-order valence-electron chi connectivity index (χ3n) is 3.22. The van der Waals surface area contributed by atoms with Gasteiger partial charge in [0.1, 0.15) is 5.75 Å². The van der Waals surface area contributed by atoms with Gasteiger partial charge in [0, 0.05) is 5.56 Å². The van der Waals surface area contributed by atoms with E-state index in [-0.39, 0.29) is 5.78 Å². The second-order valence-corrected chi connectivity index (χ2v) is 4.97. The zero-order chi connectivity index (χ0) is 15.2. The molecule has 3 nitrogen and oxygen atoms in total. The maximum Gasteiger partial charge on any atom is 0.202 e. The summed E-state index contributed by atoms with van der Waals surface area (Å²) in [7, 11) is 0. The van der Waals surface area contributed by atoms with Gasteiger partial charge in [-0.05, 0) is 31.5 Å². The summed E-state index contributed by atoms with van der Waals surface area (Å²) in [4.78, 5) is 12.3. The highest BCUT2D eigenvalue weighted by Crippen LogP contribution is 2.16. The van der Waals surface area contributed by atoms with Gasteiger partial charge in [0.05, 0.1) is 12.5 Å². The summed E-state index contributed by atoms with van der Waals surface area (Å²) in [5, 5.41) is 8.63. The standard InChI is InChI=1S/C18H17NO2/c1-13-3-7-16(8-4-13)18(20)14(2)21-17-9-5-15(6-10-17)11-12-19/h3-10,14H,11H2,1-2H3. The van der Waals surface area contributed by atoms with E-state index in [1.54, 1.807) is 19.1 Å². The van der Waals surface area contributed by atoms with Gasteiger partial charge < -0.3 is 4.74 Å². The highest BCUT2D eigenvalue weighted by molar-refractivity contribution is 5.99. The molecule has 1 unspecified atom stereocenters. The lowest BCUT2D eigenvalue weighted by Gasteiger charge is -2.14. The van der Waals surface area contributed by atoms with Gasteiger partial charge in [0.25, 0.3) is 0 Å². The van der Waals surface area contributed by atoms with E-state index in [4.69, 9.17) is 10.00 Å². The van der Waals surface area contributed by atoms with Gasteiger partial charge in [-0.2, -0.15) is 5.26 Å². The minimum atomic E-state index is -0.547. The summed E-state index contributed by atoms with van der Waals surface area (Å²) < 4.78 is 5.66. The number of ketones is 1. The third-order valence-corrected chi connectivity index (χ3v) is 3.22. The average molecular weight is 279 g/mol. The van der Waals surface area contributed by atoms with Crippen LogP contribution in [0.25, 0.3) is 0 Å². The lowest BCUT2D eigenvalue weighted by molar-refractivity contribution is 0.0818. The predicted octanol–water partition coefficient (Wildman–Crippen LogP) is 3.71. The molecule has 1 atom stereocenters. The number of Topliss-reactive ketones (excluding diaryl/α,β-unsaturated/α-hetero) is 1. The molecule has 0 aliphatic carbocycles. The molecule has 3 heteroatoms. The average Bonchev–Trinajstić information content (AvgIpc) is 2.49. The van der Waals surface area contributed by atoms with Crippen LogP contribution in [-0.4, -0.2) is 11.9 Å². The van der Waals surface area contributed by atoms with Crippen LogP contribution < -0.4 is 4.74 Å². The number of nitrogens with zero attached hydrogens (tertiary/aromatic N) is 1. The van der Waals surface area contributed by atoms with Crippen molar-refractivity contribution in [3.05, 3.63) is 65.2 Å². The van der Waals surface area contributed by atoms with E-state index >= 15 is 0 Å². The molecule has 0 aliphatic rings. The van der Waals surface area contributed by atoms with Crippen LogP contribution in [0.4, 0.5) is 0 Å². The number of aryl methyl sites for hydroxylation is 1. The number of hydrogen-bond donors (Lipinski definition) is 0. The van der Waals surface area contributed by atoms with Crippen molar-refractivity contribution in [1.29, 1.82) is 5.26 Å². The largest absolute Gasteiger partial charge is 0.483 e. The van der Waals surface area contributed by atoms with Crippen LogP contribution in [-0.2, 0) is 6.42 Å². The first-order chi connectivity index (χ1) is 10.1. The zero-order valence-electron chi connectivity index (χ0n) is 12.2. The monoisotopic (exact) mass is 279 g/mol. The molecule has 2 aromatic carbocycles. The molecule has 0 spiro atoms. The van der Waals surface area contributed by atoms with Gasteiger partial charge in [-0.1, -0.05) is 42.0 Å². The fraction of sp³-hybridized carbons (Fsp3) is 0.222. The van der Waals surface area contributed by atoms with Crippen molar-refractivity contribution in [3.63, 3.8) is 0 Å². The van der Waals surface area contributed by atoms with Crippen molar-refractivity contribution in [2.45, 2.75) is 26.4 Å². The molecule has 0 N–H and O–H groups in total. The van der Waals surface area contributed by atoms with Crippen molar-refractivity contribution in [1.82, 2.24) is 0 Å². The van der Waals surface area contributed by atoms with Crippen LogP contribution in [0.2, 0.25) is 0 Å². The highest BCUT2D eigenvalue weighted by atomic mass is 16.5. The lowest BCUT2D eigenvalue weighted by Crippen LogP contribution is -2.23. The molecule has 0 saturated heterocycles. The lowest BCUT2D eigenvalue weighted by atomic mass is 10.1. The van der Waals surface area contributed by atoms with Gasteiger partial charge in [0.15, 0.2) is 6.10 Å². The van der Waals surface area contributed by atoms with Crippen LogP contribution in [0.5, 0.6) is 5.75 Å². The molecule has 0 fully saturated rings. The molecule has 0 bridgehead atoms. The van der Waals surface area contributed by atoms with Crippen LogP contribution in [0, 0.1) is 18.3 Å². The molecule has 21 heavy (non-hydrogen) atoms. The van der Waals surface area contributed by atoms with E-state index in [2.05, 4.69) is 6.07 Å². The van der Waals surface area contributed by atoms with Crippen LogP contribution in [0.15, 0.2) is 48.5 Å². The second-order valence-electron chi connectivity index (χ2n) is 4.97. The van der Waals surface area contributed by atoms with E-state index in [1.807, 2.05) is 43.3 Å². The van der Waals surface area contributed by atoms with Crippen LogP contribution in [0.3, 0.4) is 0 Å². The summed E-state index contributed by atoms with van der Waals surface area (Å²) in [6.07, 6.45) is -0.174. The van der Waals surface area contributed by atoms with E-state index in [1.165, 1.54) is 0 Å². The molecule has 0 radical (unpaired) electrons. The van der Waals surface area contributed by atoms with Crippen LogP contribution in [0.1, 0.15) is 28.4 Å². The Labute approximate surface area is 124 Å². The van der Waals surface area contributed by atoms with E-state index in [0.29, 0.717) is 17.7 Å². The predicted molar refractivity (Wildman–Crippen MR) is 81.4 cm³/mol. The summed E-state index contributed by atoms with van der Waals surface area (Å²) >= 11 is 0. The van der Waals surface area contributed by atoms with Gasteiger partial charge in [-0.25, -0.2) is 0 Å². The number of nitriles is 1. The van der Waals surface area contributed by atoms with Gasteiger partial charge in [-0.15, -0.1) is 0 Å². The van der Waals surface area contributed by atoms with E-state index in [0.717, 1.165) is 11.1 Å². The Morgan fingerprint density at radius 3 is 2.33 bits per heavy atom. The normalized spacial score (nSPS) is 11.5. The third kappa shape index (κ3) is 3.93. The smallest absolute Gasteiger partial charge is 0.202 e. The minimum absolute atomic E-state index is 0.0453. The number of carbonyl (C=O) groups excluding carboxylic acids is 1. The molecule has 2 aromatic rings. The molecule has 106 valence electrons. The van der Waals surface area contributed by atoms with Gasteiger partial charge >= 0.3 is 0 Å². The number of hydrogen-bond acceptors (Lipinski definition) is 3. The Hall–Kier alpha value is -2.60. The number of ether oxygens (including phenoxy) is 1. The summed E-state index contributed by atoms with van der Waals surface area (Å²) in [5.74, 6) is 0.584. The quantitative estimate of drug-likeness (QED) is 0.784. The highest BCUT2D eigenvalue weighted by Gasteiger charge is 2.16. The fourth-order valence-corrected chi connectivity index (χ4v) is 1.99. The summed E-state index contributed by atoms with van der Waals surface area (Å²) in [5.41, 5.74) is 2.70. The minimum Gasteiger partial charge on any atom is -0.483 e. The Morgan fingerprint density at radius 2 is 1.76 bits per heavy atom. The maximum atomic E-state index is 12.3. The molecule has 0 heterocycles. The van der Waals surface area contributed by atoms with E-state index in [9.17, 15) is 4.79 Å². The first-order valence-corrected chi connectivity index (χ1v) is 6.83. The Morgan fingerprint density at radius 1 is 1.14 bits per heavy atom. The van der Waals surface area contributed by atoms with Crippen molar-refractivity contribution in [2.75, 3.05) is 0 Å². The van der Waals surface area contributed by atoms with Crippen molar-refractivity contribution in [2.24, 2.45) is 0 Å². The van der Waals surface area contributed by atoms with Crippen LogP contribution >= 0.6 is 0 Å². The number of rotatable bonds is 5. The molecule has 0 aliphatic heterocycles. The number of benzene rings is 2. The summed E-state index contributed by atoms with van der Waals surface area (Å²) in [6, 6.07) is 16.8. The maximum absolute atomic E-state index is 12.3. The SMILES string of the molecule is Cc1ccc(C(=O)C(C)Oc2ccc(CC#N)cc2)cc1. The molecular weight excluding hydrogens is 262 g/mol. The second kappa shape index (κ2) is 6.71. The molecule has 0 saturated carbocycles. The van der Waals surface area contributed by atoms with Gasteiger partial charge in [0.2, 0.25) is 5.78 Å². The first kappa shape index (κ1) is 14.8.